The molecule has 0 heterocycles. The number of methoxy groups -OCH3 is 2. The van der Waals surface area contributed by atoms with Crippen LogP contribution in [0.15, 0.2) is 114 Å². The molecular formula is C33H31N3O5S. The second kappa shape index (κ2) is 14.6. The lowest BCUT2D eigenvalue weighted by molar-refractivity contribution is -0.115. The maximum absolute atomic E-state index is 13.2. The normalized spacial score (nSPS) is 11.6. The Morgan fingerprint density at radius 1 is 0.786 bits per heavy atom. The predicted molar refractivity (Wildman–Crippen MR) is 167 cm³/mol. The topological polar surface area (TPSA) is 106 Å². The van der Waals surface area contributed by atoms with Crippen LogP contribution < -0.4 is 25.4 Å². The first-order chi connectivity index (χ1) is 20.4. The Kier molecular flexibility index (Phi) is 10.4. The Balaban J connectivity index is 1.41. The molecule has 0 aliphatic heterocycles. The van der Waals surface area contributed by atoms with Crippen LogP contribution in [0.1, 0.15) is 22.8 Å². The second-order valence-electron chi connectivity index (χ2n) is 9.08. The largest absolute Gasteiger partial charge is 0.497 e. The van der Waals surface area contributed by atoms with Crippen LogP contribution in [0.5, 0.6) is 11.5 Å². The molecule has 0 aliphatic rings. The number of thioether (sulfide) groups is 1. The van der Waals surface area contributed by atoms with Gasteiger partial charge in [-0.3, -0.25) is 14.4 Å². The molecule has 0 aromatic heterocycles. The summed E-state index contributed by atoms with van der Waals surface area (Å²) in [6.45, 7) is 1.81. The number of carbonyl (C=O) groups is 3. The molecule has 42 heavy (non-hydrogen) atoms. The van der Waals surface area contributed by atoms with Crippen molar-refractivity contribution in [1.29, 1.82) is 0 Å². The van der Waals surface area contributed by atoms with Gasteiger partial charge in [-0.1, -0.05) is 48.5 Å². The Morgan fingerprint density at radius 3 is 2.10 bits per heavy atom. The van der Waals surface area contributed by atoms with Crippen LogP contribution in [0.25, 0.3) is 6.08 Å². The molecule has 0 fully saturated rings. The van der Waals surface area contributed by atoms with E-state index in [-0.39, 0.29) is 17.5 Å². The summed E-state index contributed by atoms with van der Waals surface area (Å²) < 4.78 is 10.6. The predicted octanol–water partition coefficient (Wildman–Crippen LogP) is 6.23. The van der Waals surface area contributed by atoms with Crippen LogP contribution in [-0.2, 0) is 9.59 Å². The molecule has 0 aliphatic carbocycles. The van der Waals surface area contributed by atoms with Crippen molar-refractivity contribution in [3.63, 3.8) is 0 Å². The van der Waals surface area contributed by atoms with E-state index in [0.29, 0.717) is 28.4 Å². The summed E-state index contributed by atoms with van der Waals surface area (Å²) >= 11 is 1.38. The monoisotopic (exact) mass is 581 g/mol. The van der Waals surface area contributed by atoms with E-state index < -0.39 is 11.2 Å². The smallest absolute Gasteiger partial charge is 0.272 e. The molecule has 0 radical (unpaired) electrons. The molecule has 4 aromatic carbocycles. The number of carbonyl (C=O) groups excluding carboxylic acids is 3. The van der Waals surface area contributed by atoms with Gasteiger partial charge in [-0.05, 0) is 67.1 Å². The van der Waals surface area contributed by atoms with Gasteiger partial charge in [0.05, 0.1) is 25.2 Å². The summed E-state index contributed by atoms with van der Waals surface area (Å²) in [5.74, 6) is 0.0796. The van der Waals surface area contributed by atoms with E-state index in [1.165, 1.54) is 18.9 Å². The maximum Gasteiger partial charge on any atom is 0.272 e. The highest BCUT2D eigenvalue weighted by Crippen LogP contribution is 2.31. The molecule has 4 rings (SSSR count). The summed E-state index contributed by atoms with van der Waals surface area (Å²) in [7, 11) is 3.09. The molecule has 0 saturated heterocycles. The van der Waals surface area contributed by atoms with Gasteiger partial charge in [0.2, 0.25) is 5.91 Å². The molecule has 4 aromatic rings. The van der Waals surface area contributed by atoms with E-state index in [0.717, 1.165) is 10.5 Å². The van der Waals surface area contributed by atoms with Crippen LogP contribution in [-0.4, -0.2) is 37.2 Å². The number of anilines is 2. The van der Waals surface area contributed by atoms with Gasteiger partial charge < -0.3 is 25.4 Å². The van der Waals surface area contributed by atoms with Gasteiger partial charge in [0.1, 0.15) is 17.2 Å². The summed E-state index contributed by atoms with van der Waals surface area (Å²) in [5.41, 5.74) is 2.40. The number of rotatable bonds is 11. The van der Waals surface area contributed by atoms with Gasteiger partial charge in [-0.25, -0.2) is 0 Å². The van der Waals surface area contributed by atoms with Crippen LogP contribution in [0.4, 0.5) is 11.4 Å². The van der Waals surface area contributed by atoms with Gasteiger partial charge in [0.25, 0.3) is 11.8 Å². The fraction of sp³-hybridized carbons (Fsp3) is 0.121. The summed E-state index contributed by atoms with van der Waals surface area (Å²) in [5, 5.41) is 8.05. The van der Waals surface area contributed by atoms with Gasteiger partial charge in [0.15, 0.2) is 0 Å². The van der Waals surface area contributed by atoms with Crippen LogP contribution in [0.3, 0.4) is 0 Å². The van der Waals surface area contributed by atoms with Crippen molar-refractivity contribution in [1.82, 2.24) is 5.32 Å². The van der Waals surface area contributed by atoms with Crippen molar-refractivity contribution in [2.75, 3.05) is 24.9 Å². The van der Waals surface area contributed by atoms with E-state index in [4.69, 9.17) is 9.47 Å². The molecule has 0 bridgehead atoms. The number of amides is 3. The van der Waals surface area contributed by atoms with E-state index in [9.17, 15) is 14.4 Å². The van der Waals surface area contributed by atoms with Gasteiger partial charge in [0, 0.05) is 22.2 Å². The Labute approximate surface area is 249 Å². The number of hydrogen-bond donors (Lipinski definition) is 3. The summed E-state index contributed by atoms with van der Waals surface area (Å²) in [6.07, 6.45) is 1.62. The third-order valence-corrected chi connectivity index (χ3v) is 7.21. The molecule has 214 valence electrons. The zero-order valence-corrected chi connectivity index (χ0v) is 24.2. The minimum Gasteiger partial charge on any atom is -0.497 e. The Bertz CT molecular complexity index is 1560. The third-order valence-electron chi connectivity index (χ3n) is 6.10. The lowest BCUT2D eigenvalue weighted by Crippen LogP contribution is -2.30. The van der Waals surface area contributed by atoms with Crippen molar-refractivity contribution >= 4 is 46.9 Å². The van der Waals surface area contributed by atoms with Crippen molar-refractivity contribution in [3.05, 3.63) is 120 Å². The van der Waals surface area contributed by atoms with E-state index >= 15 is 0 Å². The molecule has 8 nitrogen and oxygen atoms in total. The zero-order chi connectivity index (χ0) is 29.9. The van der Waals surface area contributed by atoms with Crippen molar-refractivity contribution in [2.24, 2.45) is 0 Å². The molecule has 3 amide bonds. The third kappa shape index (κ3) is 8.25. The fourth-order valence-corrected chi connectivity index (χ4v) is 4.73. The molecule has 9 heteroatoms. The molecule has 1 atom stereocenters. The first-order valence-electron chi connectivity index (χ1n) is 13.1. The fourth-order valence-electron chi connectivity index (χ4n) is 3.87. The minimum absolute atomic E-state index is 0.104. The van der Waals surface area contributed by atoms with Crippen LogP contribution in [0.2, 0.25) is 0 Å². The lowest BCUT2D eigenvalue weighted by Gasteiger charge is -2.15. The van der Waals surface area contributed by atoms with Gasteiger partial charge >= 0.3 is 0 Å². The van der Waals surface area contributed by atoms with Crippen molar-refractivity contribution in [2.45, 2.75) is 17.1 Å². The standard InChI is InChI=1S/C33H31N3O5S/c1-22(31(37)35-28-19-16-26(40-2)21-30(28)41-3)42-27-17-14-25(15-18-27)34-33(39)29(20-23-10-6-4-7-11-23)36-32(38)24-12-8-5-9-13-24/h4-22H,1-3H3,(H,34,39)(H,35,37)(H,36,38)/b29-20-. The first-order valence-corrected chi connectivity index (χ1v) is 14.0. The van der Waals surface area contributed by atoms with Crippen LogP contribution in [0, 0.1) is 0 Å². The number of nitrogens with one attached hydrogen (secondary N) is 3. The van der Waals surface area contributed by atoms with Crippen molar-refractivity contribution < 1.29 is 23.9 Å². The SMILES string of the molecule is COc1ccc(NC(=O)C(C)Sc2ccc(NC(=O)/C(=C/c3ccccc3)NC(=O)c3ccccc3)cc2)c(OC)c1. The average Bonchev–Trinajstić information content (AvgIpc) is 3.02. The van der Waals surface area contributed by atoms with E-state index in [1.807, 2.05) is 55.5 Å². The summed E-state index contributed by atoms with van der Waals surface area (Å²) in [6, 6.07) is 30.3. The van der Waals surface area contributed by atoms with E-state index in [1.54, 1.807) is 67.8 Å². The minimum atomic E-state index is -0.468. The lowest BCUT2D eigenvalue weighted by atomic mass is 10.1. The molecule has 0 spiro atoms. The average molecular weight is 582 g/mol. The highest BCUT2D eigenvalue weighted by molar-refractivity contribution is 8.00. The molecular weight excluding hydrogens is 550 g/mol. The number of hydrogen-bond acceptors (Lipinski definition) is 6. The number of ether oxygens (including phenoxy) is 2. The zero-order valence-electron chi connectivity index (χ0n) is 23.4. The molecule has 1 unspecified atom stereocenters. The summed E-state index contributed by atoms with van der Waals surface area (Å²) in [4.78, 5) is 39.7. The maximum atomic E-state index is 13.2. The van der Waals surface area contributed by atoms with Crippen LogP contribution >= 0.6 is 11.8 Å². The Morgan fingerprint density at radius 2 is 1.45 bits per heavy atom. The van der Waals surface area contributed by atoms with Gasteiger partial charge in [-0.2, -0.15) is 0 Å². The second-order valence-corrected chi connectivity index (χ2v) is 10.5. The molecule has 3 N–H and O–H groups in total. The first kappa shape index (κ1) is 30.0. The van der Waals surface area contributed by atoms with Crippen molar-refractivity contribution in [3.8, 4) is 11.5 Å². The number of benzene rings is 4. The van der Waals surface area contributed by atoms with E-state index in [2.05, 4.69) is 16.0 Å². The highest BCUT2D eigenvalue weighted by Gasteiger charge is 2.18. The molecule has 0 saturated carbocycles. The quantitative estimate of drug-likeness (QED) is 0.143. The van der Waals surface area contributed by atoms with Gasteiger partial charge in [-0.15, -0.1) is 11.8 Å². The Hall–Kier alpha value is -5.02. The highest BCUT2D eigenvalue weighted by atomic mass is 32.2.